The van der Waals surface area contributed by atoms with Crippen LogP contribution in [0, 0.1) is 5.82 Å². The van der Waals surface area contributed by atoms with Crippen molar-refractivity contribution in [3.05, 3.63) is 65.0 Å². The zero-order valence-corrected chi connectivity index (χ0v) is 15.3. The Labute approximate surface area is 156 Å². The van der Waals surface area contributed by atoms with E-state index in [9.17, 15) is 18.8 Å². The Balaban J connectivity index is 1.91. The second-order valence-electron chi connectivity index (χ2n) is 7.01. The number of carbonyl (C=O) groups excluding carboxylic acids is 3. The minimum absolute atomic E-state index is 0.0543. The number of imide groups is 1. The number of hydrogen-bond acceptors (Lipinski definition) is 5. The van der Waals surface area contributed by atoms with E-state index in [4.69, 9.17) is 10.5 Å². The van der Waals surface area contributed by atoms with E-state index in [0.717, 1.165) is 23.8 Å². The van der Waals surface area contributed by atoms with Crippen LogP contribution in [0.1, 0.15) is 47.1 Å². The molecule has 0 spiro atoms. The van der Waals surface area contributed by atoms with E-state index in [1.54, 1.807) is 12.1 Å². The zero-order chi connectivity index (χ0) is 20.2. The fraction of sp³-hybridized carbons (Fsp3) is 0.250. The van der Waals surface area contributed by atoms with Crippen LogP contribution in [0.3, 0.4) is 0 Å². The highest BCUT2D eigenvalue weighted by Crippen LogP contribution is 2.22. The van der Waals surface area contributed by atoms with E-state index >= 15 is 0 Å². The van der Waals surface area contributed by atoms with Gasteiger partial charge >= 0.3 is 5.97 Å². The molecule has 0 fully saturated rings. The van der Waals surface area contributed by atoms with Crippen LogP contribution in [0.15, 0.2) is 42.5 Å². The SMILES string of the molecule is CC(C)(C)c1ccc(C(=O)NC(=O)COC(=O)c2ccc(F)cc2N)cc1. The number of benzene rings is 2. The summed E-state index contributed by atoms with van der Waals surface area (Å²) in [4.78, 5) is 35.8. The van der Waals surface area contributed by atoms with Gasteiger partial charge in [0.15, 0.2) is 6.61 Å². The molecule has 27 heavy (non-hydrogen) atoms. The maximum absolute atomic E-state index is 13.0. The summed E-state index contributed by atoms with van der Waals surface area (Å²) in [6.07, 6.45) is 0. The van der Waals surface area contributed by atoms with Crippen molar-refractivity contribution in [2.75, 3.05) is 12.3 Å². The Morgan fingerprint density at radius 1 is 1.07 bits per heavy atom. The zero-order valence-electron chi connectivity index (χ0n) is 15.3. The van der Waals surface area contributed by atoms with Crippen molar-refractivity contribution in [3.63, 3.8) is 0 Å². The second-order valence-corrected chi connectivity index (χ2v) is 7.01. The highest BCUT2D eigenvalue weighted by Gasteiger charge is 2.17. The number of carbonyl (C=O) groups is 3. The summed E-state index contributed by atoms with van der Waals surface area (Å²) < 4.78 is 17.8. The Kier molecular flexibility index (Phi) is 5.95. The summed E-state index contributed by atoms with van der Waals surface area (Å²) in [5.41, 5.74) is 6.68. The van der Waals surface area contributed by atoms with Gasteiger partial charge < -0.3 is 10.5 Å². The van der Waals surface area contributed by atoms with Crippen molar-refractivity contribution in [3.8, 4) is 0 Å². The van der Waals surface area contributed by atoms with Crippen LogP contribution < -0.4 is 11.1 Å². The molecular weight excluding hydrogens is 351 g/mol. The van der Waals surface area contributed by atoms with Gasteiger partial charge in [0.1, 0.15) is 5.82 Å². The smallest absolute Gasteiger partial charge is 0.340 e. The summed E-state index contributed by atoms with van der Waals surface area (Å²) >= 11 is 0. The third kappa shape index (κ3) is 5.37. The van der Waals surface area contributed by atoms with E-state index < -0.39 is 30.2 Å². The van der Waals surface area contributed by atoms with E-state index in [2.05, 4.69) is 5.32 Å². The Bertz CT molecular complexity index is 871. The molecule has 0 radical (unpaired) electrons. The molecule has 0 saturated heterocycles. The Morgan fingerprint density at radius 2 is 1.70 bits per heavy atom. The molecule has 2 aromatic rings. The van der Waals surface area contributed by atoms with Gasteiger partial charge in [-0.25, -0.2) is 9.18 Å². The molecule has 0 heterocycles. The standard InChI is InChI=1S/C20H21FN2O4/c1-20(2,3)13-6-4-12(5-7-13)18(25)23-17(24)11-27-19(26)15-9-8-14(21)10-16(15)22/h4-10H,11,22H2,1-3H3,(H,23,24,25). The molecule has 0 aliphatic heterocycles. The molecule has 142 valence electrons. The Morgan fingerprint density at radius 3 is 2.26 bits per heavy atom. The van der Waals surface area contributed by atoms with Crippen molar-refractivity contribution >= 4 is 23.5 Å². The first-order chi connectivity index (χ1) is 12.6. The molecule has 0 aliphatic carbocycles. The molecule has 2 amide bonds. The molecule has 2 rings (SSSR count). The van der Waals surface area contributed by atoms with E-state index in [-0.39, 0.29) is 16.7 Å². The Hall–Kier alpha value is -3.22. The van der Waals surface area contributed by atoms with Crippen molar-refractivity contribution < 1.29 is 23.5 Å². The molecule has 0 saturated carbocycles. The number of rotatable bonds is 4. The molecule has 0 aromatic heterocycles. The lowest BCUT2D eigenvalue weighted by molar-refractivity contribution is -0.123. The molecule has 7 heteroatoms. The van der Waals surface area contributed by atoms with Crippen molar-refractivity contribution in [2.24, 2.45) is 0 Å². The predicted octanol–water partition coefficient (Wildman–Crippen LogP) is 2.82. The van der Waals surface area contributed by atoms with E-state index in [1.165, 1.54) is 0 Å². The lowest BCUT2D eigenvalue weighted by atomic mass is 9.87. The summed E-state index contributed by atoms with van der Waals surface area (Å²) in [6.45, 7) is 5.48. The molecule has 0 unspecified atom stereocenters. The topological polar surface area (TPSA) is 98.5 Å². The summed E-state index contributed by atoms with van der Waals surface area (Å²) in [6, 6.07) is 10.1. The van der Waals surface area contributed by atoms with Crippen LogP contribution in [0.25, 0.3) is 0 Å². The second kappa shape index (κ2) is 7.99. The van der Waals surface area contributed by atoms with Gasteiger partial charge in [0.25, 0.3) is 11.8 Å². The van der Waals surface area contributed by atoms with Crippen LogP contribution in [-0.4, -0.2) is 24.4 Å². The highest BCUT2D eigenvalue weighted by molar-refractivity contribution is 6.05. The van der Waals surface area contributed by atoms with Gasteiger partial charge in [-0.1, -0.05) is 32.9 Å². The largest absolute Gasteiger partial charge is 0.452 e. The molecule has 6 nitrogen and oxygen atoms in total. The van der Waals surface area contributed by atoms with Crippen molar-refractivity contribution in [1.29, 1.82) is 0 Å². The van der Waals surface area contributed by atoms with Gasteiger partial charge in [-0.15, -0.1) is 0 Å². The number of hydrogen-bond donors (Lipinski definition) is 2. The summed E-state index contributed by atoms with van der Waals surface area (Å²) in [5, 5.41) is 2.14. The first kappa shape index (κ1) is 20.1. The van der Waals surface area contributed by atoms with E-state index in [1.807, 2.05) is 32.9 Å². The molecular formula is C20H21FN2O4. The summed E-state index contributed by atoms with van der Waals surface area (Å²) in [7, 11) is 0. The van der Waals surface area contributed by atoms with Crippen LogP contribution in [-0.2, 0) is 14.9 Å². The number of halogens is 1. The average Bonchev–Trinajstić information content (AvgIpc) is 2.59. The van der Waals surface area contributed by atoms with Gasteiger partial charge in [-0.2, -0.15) is 0 Å². The quantitative estimate of drug-likeness (QED) is 0.635. The minimum Gasteiger partial charge on any atom is -0.452 e. The van der Waals surface area contributed by atoms with Gasteiger partial charge in [-0.05, 0) is 41.3 Å². The number of amides is 2. The van der Waals surface area contributed by atoms with Crippen molar-refractivity contribution in [1.82, 2.24) is 5.32 Å². The van der Waals surface area contributed by atoms with Crippen LogP contribution >= 0.6 is 0 Å². The maximum Gasteiger partial charge on any atom is 0.340 e. The third-order valence-electron chi connectivity index (χ3n) is 3.83. The lowest BCUT2D eigenvalue weighted by Crippen LogP contribution is -2.34. The number of anilines is 1. The van der Waals surface area contributed by atoms with Crippen molar-refractivity contribution in [2.45, 2.75) is 26.2 Å². The van der Waals surface area contributed by atoms with Crippen LogP contribution in [0.4, 0.5) is 10.1 Å². The normalized spacial score (nSPS) is 11.0. The van der Waals surface area contributed by atoms with Crippen LogP contribution in [0.5, 0.6) is 0 Å². The summed E-state index contributed by atoms with van der Waals surface area (Å²) in [5.74, 6) is -2.86. The molecule has 0 bridgehead atoms. The van der Waals surface area contributed by atoms with Gasteiger partial charge in [0, 0.05) is 11.3 Å². The monoisotopic (exact) mass is 372 g/mol. The number of nitrogen functional groups attached to an aromatic ring is 1. The van der Waals surface area contributed by atoms with Gasteiger partial charge in [0.05, 0.1) is 5.56 Å². The average molecular weight is 372 g/mol. The molecule has 3 N–H and O–H groups in total. The number of nitrogens with one attached hydrogen (secondary N) is 1. The number of esters is 1. The fourth-order valence-corrected chi connectivity index (χ4v) is 2.28. The van der Waals surface area contributed by atoms with Gasteiger partial charge in [-0.3, -0.25) is 14.9 Å². The highest BCUT2D eigenvalue weighted by atomic mass is 19.1. The van der Waals surface area contributed by atoms with E-state index in [0.29, 0.717) is 5.56 Å². The first-order valence-corrected chi connectivity index (χ1v) is 8.25. The number of nitrogens with two attached hydrogens (primary N) is 1. The minimum atomic E-state index is -0.885. The first-order valence-electron chi connectivity index (χ1n) is 8.25. The fourth-order valence-electron chi connectivity index (χ4n) is 2.28. The molecule has 0 atom stereocenters. The third-order valence-corrected chi connectivity index (χ3v) is 3.83. The molecule has 0 aliphatic rings. The lowest BCUT2D eigenvalue weighted by Gasteiger charge is -2.19. The van der Waals surface area contributed by atoms with Gasteiger partial charge in [0.2, 0.25) is 0 Å². The number of ether oxygens (including phenoxy) is 1. The maximum atomic E-state index is 13.0. The predicted molar refractivity (Wildman–Crippen MR) is 98.7 cm³/mol. The van der Waals surface area contributed by atoms with Crippen LogP contribution in [0.2, 0.25) is 0 Å². The molecule has 2 aromatic carbocycles.